The largest absolute Gasteiger partial charge is 0.378 e. The molecule has 0 unspecified atom stereocenters. The predicted molar refractivity (Wildman–Crippen MR) is 150 cm³/mol. The first-order chi connectivity index (χ1) is 16.0. The van der Waals surface area contributed by atoms with Crippen LogP contribution in [0.25, 0.3) is 27.5 Å². The summed E-state index contributed by atoms with van der Waals surface area (Å²) in [4.78, 5) is 7.17. The van der Waals surface area contributed by atoms with Crippen molar-refractivity contribution in [2.45, 2.75) is 44.1 Å². The van der Waals surface area contributed by atoms with Gasteiger partial charge in [-0.15, -0.1) is 11.8 Å². The van der Waals surface area contributed by atoms with Crippen LogP contribution >= 0.6 is 46.3 Å². The van der Waals surface area contributed by atoms with Gasteiger partial charge in [-0.2, -0.15) is 5.10 Å². The zero-order chi connectivity index (χ0) is 24.7. The second kappa shape index (κ2) is 9.94. The molecule has 0 saturated heterocycles. The van der Waals surface area contributed by atoms with Crippen LogP contribution < -0.4 is 4.90 Å². The molecular formula is C26H28Cl2N4S2. The third-order valence-corrected chi connectivity index (χ3v) is 8.44. The van der Waals surface area contributed by atoms with Gasteiger partial charge in [-0.3, -0.25) is 0 Å². The van der Waals surface area contributed by atoms with Crippen LogP contribution in [0.4, 0.5) is 5.69 Å². The monoisotopic (exact) mass is 530 g/mol. The SMILES string of the molecule is Cc1cc(-c2c(C)nn(-c3nc(-c4ccc(Cl)c(Cl)c4)c(SC(C)C)s3)c2C)cc(N(C)C)c1. The maximum atomic E-state index is 6.33. The van der Waals surface area contributed by atoms with Gasteiger partial charge in [0.1, 0.15) is 0 Å². The van der Waals surface area contributed by atoms with Gasteiger partial charge in [0.2, 0.25) is 5.13 Å². The number of hydrogen-bond acceptors (Lipinski definition) is 5. The van der Waals surface area contributed by atoms with Crippen molar-refractivity contribution in [2.75, 3.05) is 19.0 Å². The quantitative estimate of drug-likeness (QED) is 0.234. The molecule has 2 heterocycles. The minimum absolute atomic E-state index is 0.419. The molecule has 2 aromatic heterocycles. The number of nitrogens with zero attached hydrogens (tertiary/aromatic N) is 4. The number of halogens is 2. The molecule has 0 aliphatic rings. The molecule has 0 atom stereocenters. The number of benzene rings is 2. The van der Waals surface area contributed by atoms with Crippen molar-refractivity contribution < 1.29 is 0 Å². The normalized spacial score (nSPS) is 11.5. The highest BCUT2D eigenvalue weighted by atomic mass is 35.5. The van der Waals surface area contributed by atoms with Gasteiger partial charge in [0.25, 0.3) is 0 Å². The van der Waals surface area contributed by atoms with Crippen molar-refractivity contribution in [3.8, 4) is 27.5 Å². The van der Waals surface area contributed by atoms with E-state index in [1.54, 1.807) is 23.1 Å². The van der Waals surface area contributed by atoms with E-state index in [0.29, 0.717) is 15.3 Å². The second-order valence-corrected chi connectivity index (χ2v) is 12.5. The standard InChI is InChI=1S/C26H28Cl2N4S2/c1-14(2)33-25-24(18-8-9-21(27)22(28)13-18)29-26(34-25)32-17(5)23(16(4)30-32)19-10-15(3)11-20(12-19)31(6)7/h8-14H,1-7H3. The minimum atomic E-state index is 0.419. The second-order valence-electron chi connectivity index (χ2n) is 8.84. The molecule has 0 aliphatic heterocycles. The first-order valence-electron chi connectivity index (χ1n) is 11.0. The van der Waals surface area contributed by atoms with E-state index >= 15 is 0 Å². The Balaban J connectivity index is 1.85. The molecule has 0 bridgehead atoms. The minimum Gasteiger partial charge on any atom is -0.378 e. The number of anilines is 1. The summed E-state index contributed by atoms with van der Waals surface area (Å²) < 4.78 is 3.11. The molecule has 4 rings (SSSR count). The first-order valence-corrected chi connectivity index (χ1v) is 13.5. The van der Waals surface area contributed by atoms with Crippen molar-refractivity contribution in [3.63, 3.8) is 0 Å². The summed E-state index contributed by atoms with van der Waals surface area (Å²) in [6.45, 7) is 10.7. The number of thioether (sulfide) groups is 1. The van der Waals surface area contributed by atoms with Crippen molar-refractivity contribution in [1.82, 2.24) is 14.8 Å². The van der Waals surface area contributed by atoms with E-state index in [2.05, 4.69) is 71.8 Å². The Labute approximate surface area is 219 Å². The molecule has 0 radical (unpaired) electrons. The summed E-state index contributed by atoms with van der Waals surface area (Å²) >= 11 is 15.9. The van der Waals surface area contributed by atoms with Gasteiger partial charge in [0.05, 0.1) is 31.3 Å². The van der Waals surface area contributed by atoms with Crippen LogP contribution in [0.15, 0.2) is 40.6 Å². The summed E-state index contributed by atoms with van der Waals surface area (Å²) in [5.74, 6) is 0. The molecule has 34 heavy (non-hydrogen) atoms. The molecule has 0 N–H and O–H groups in total. The predicted octanol–water partition coefficient (Wildman–Crippen LogP) is 8.46. The lowest BCUT2D eigenvalue weighted by atomic mass is 10.0. The van der Waals surface area contributed by atoms with Crippen LogP contribution in [0, 0.1) is 20.8 Å². The zero-order valence-corrected chi connectivity index (χ0v) is 23.5. The Morgan fingerprint density at radius 3 is 2.35 bits per heavy atom. The van der Waals surface area contributed by atoms with Gasteiger partial charge >= 0.3 is 0 Å². The van der Waals surface area contributed by atoms with E-state index in [0.717, 1.165) is 37.5 Å². The third-order valence-electron chi connectivity index (χ3n) is 5.46. The molecule has 0 saturated carbocycles. The zero-order valence-electron chi connectivity index (χ0n) is 20.4. The molecule has 0 fully saturated rings. The van der Waals surface area contributed by atoms with Crippen molar-refractivity contribution in [1.29, 1.82) is 0 Å². The maximum Gasteiger partial charge on any atom is 0.212 e. The maximum absolute atomic E-state index is 6.33. The summed E-state index contributed by atoms with van der Waals surface area (Å²) in [7, 11) is 4.13. The van der Waals surface area contributed by atoms with E-state index in [4.69, 9.17) is 33.3 Å². The summed E-state index contributed by atoms with van der Waals surface area (Å²) in [5.41, 5.74) is 8.64. The molecule has 2 aromatic carbocycles. The Morgan fingerprint density at radius 1 is 0.971 bits per heavy atom. The van der Waals surface area contributed by atoms with Crippen LogP contribution in [-0.2, 0) is 0 Å². The molecule has 178 valence electrons. The van der Waals surface area contributed by atoms with Crippen LogP contribution in [-0.4, -0.2) is 34.1 Å². The molecule has 4 nitrogen and oxygen atoms in total. The lowest BCUT2D eigenvalue weighted by molar-refractivity contribution is 0.826. The van der Waals surface area contributed by atoms with Crippen LogP contribution in [0.1, 0.15) is 30.8 Å². The number of aromatic nitrogens is 3. The van der Waals surface area contributed by atoms with E-state index in [9.17, 15) is 0 Å². The number of rotatable bonds is 6. The first kappa shape index (κ1) is 25.1. The average molecular weight is 532 g/mol. The van der Waals surface area contributed by atoms with E-state index < -0.39 is 0 Å². The van der Waals surface area contributed by atoms with E-state index in [1.807, 2.05) is 22.9 Å². The van der Waals surface area contributed by atoms with Crippen LogP contribution in [0.2, 0.25) is 10.0 Å². The fraction of sp³-hybridized carbons (Fsp3) is 0.308. The van der Waals surface area contributed by atoms with Crippen LogP contribution in [0.5, 0.6) is 0 Å². The Morgan fingerprint density at radius 2 is 1.71 bits per heavy atom. The van der Waals surface area contributed by atoms with Gasteiger partial charge in [0.15, 0.2) is 0 Å². The Hall–Kier alpha value is -1.99. The molecule has 4 aromatic rings. The Kier molecular flexibility index (Phi) is 7.34. The number of thiazole rings is 1. The number of hydrogen-bond donors (Lipinski definition) is 0. The average Bonchev–Trinajstić information content (AvgIpc) is 3.29. The molecule has 8 heteroatoms. The topological polar surface area (TPSA) is 34.0 Å². The Bertz CT molecular complexity index is 1360. The number of aryl methyl sites for hydroxylation is 2. The van der Waals surface area contributed by atoms with Gasteiger partial charge < -0.3 is 4.90 Å². The molecule has 0 amide bonds. The van der Waals surface area contributed by atoms with E-state index in [1.165, 1.54) is 16.8 Å². The fourth-order valence-corrected chi connectivity index (χ4v) is 6.74. The van der Waals surface area contributed by atoms with Crippen molar-refractivity contribution in [2.24, 2.45) is 0 Å². The lowest BCUT2D eigenvalue weighted by Gasteiger charge is -2.15. The fourth-order valence-electron chi connectivity index (χ4n) is 3.92. The molecule has 0 spiro atoms. The summed E-state index contributed by atoms with van der Waals surface area (Å²) in [6.07, 6.45) is 0. The van der Waals surface area contributed by atoms with Crippen LogP contribution in [0.3, 0.4) is 0 Å². The molecular weight excluding hydrogens is 503 g/mol. The lowest BCUT2D eigenvalue weighted by Crippen LogP contribution is -2.08. The van der Waals surface area contributed by atoms with Crippen molar-refractivity contribution in [3.05, 3.63) is 63.4 Å². The van der Waals surface area contributed by atoms with Gasteiger partial charge in [-0.1, -0.05) is 60.5 Å². The van der Waals surface area contributed by atoms with E-state index in [-0.39, 0.29) is 0 Å². The van der Waals surface area contributed by atoms with Gasteiger partial charge in [0, 0.05) is 36.2 Å². The van der Waals surface area contributed by atoms with Gasteiger partial charge in [-0.05, 0) is 56.2 Å². The van der Waals surface area contributed by atoms with Crippen molar-refractivity contribution >= 4 is 52.0 Å². The molecule has 0 aliphatic carbocycles. The highest BCUT2D eigenvalue weighted by molar-refractivity contribution is 8.01. The highest BCUT2D eigenvalue weighted by Crippen LogP contribution is 2.42. The summed E-state index contributed by atoms with van der Waals surface area (Å²) in [6, 6.07) is 12.3. The highest BCUT2D eigenvalue weighted by Gasteiger charge is 2.21. The van der Waals surface area contributed by atoms with Gasteiger partial charge in [-0.25, -0.2) is 9.67 Å². The third kappa shape index (κ3) is 5.01. The summed E-state index contributed by atoms with van der Waals surface area (Å²) in [5, 5.41) is 7.24. The smallest absolute Gasteiger partial charge is 0.212 e.